The van der Waals surface area contributed by atoms with E-state index in [2.05, 4.69) is 12.6 Å². The summed E-state index contributed by atoms with van der Waals surface area (Å²) in [6, 6.07) is 0. The molecule has 42 valence electrons. The first-order valence-electron chi connectivity index (χ1n) is 2.19. The summed E-state index contributed by atoms with van der Waals surface area (Å²) in [5.74, 6) is 0.692. The quantitative estimate of drug-likeness (QED) is 0.438. The first kappa shape index (κ1) is 7.38. The first-order valence-corrected chi connectivity index (χ1v) is 3.17. The zero-order valence-corrected chi connectivity index (χ0v) is 5.97. The van der Waals surface area contributed by atoms with E-state index in [0.717, 1.165) is 11.3 Å². The molecule has 0 aromatic carbocycles. The SMILES string of the molecule is C/C(S)=C/CCCl. The monoisotopic (exact) mass is 136 g/mol. The molecule has 0 fully saturated rings. The molecular formula is C5H9ClS. The van der Waals surface area contributed by atoms with Crippen molar-refractivity contribution < 1.29 is 0 Å². The van der Waals surface area contributed by atoms with Crippen LogP contribution < -0.4 is 0 Å². The van der Waals surface area contributed by atoms with Gasteiger partial charge >= 0.3 is 0 Å². The molecule has 0 aliphatic heterocycles. The highest BCUT2D eigenvalue weighted by molar-refractivity contribution is 7.84. The third-order valence-corrected chi connectivity index (χ3v) is 0.950. The van der Waals surface area contributed by atoms with Gasteiger partial charge in [-0.2, -0.15) is 0 Å². The first-order chi connectivity index (χ1) is 3.27. The van der Waals surface area contributed by atoms with E-state index in [1.165, 1.54) is 0 Å². The third-order valence-electron chi connectivity index (χ3n) is 0.549. The van der Waals surface area contributed by atoms with Crippen LogP contribution in [-0.4, -0.2) is 5.88 Å². The molecule has 0 aromatic rings. The third kappa shape index (κ3) is 6.38. The molecule has 0 bridgehead atoms. The van der Waals surface area contributed by atoms with Crippen LogP contribution >= 0.6 is 24.2 Å². The van der Waals surface area contributed by atoms with Gasteiger partial charge in [-0.3, -0.25) is 0 Å². The molecule has 0 nitrogen and oxygen atoms in total. The Balaban J connectivity index is 3.08. The molecule has 0 atom stereocenters. The maximum Gasteiger partial charge on any atom is 0.0258 e. The minimum absolute atomic E-state index is 0.692. The van der Waals surface area contributed by atoms with Gasteiger partial charge < -0.3 is 0 Å². The Bertz CT molecular complexity index is 64.5. The Hall–Kier alpha value is 0.380. The molecule has 0 saturated carbocycles. The number of halogens is 1. The maximum atomic E-state index is 5.37. The second kappa shape index (κ2) is 4.54. The van der Waals surface area contributed by atoms with E-state index in [0.29, 0.717) is 5.88 Å². The number of hydrogen-bond acceptors (Lipinski definition) is 1. The molecule has 0 N–H and O–H groups in total. The fraction of sp³-hybridized carbons (Fsp3) is 0.600. The summed E-state index contributed by atoms with van der Waals surface area (Å²) in [6.45, 7) is 1.94. The van der Waals surface area contributed by atoms with Gasteiger partial charge in [0.2, 0.25) is 0 Å². The van der Waals surface area contributed by atoms with Crippen molar-refractivity contribution in [3.8, 4) is 0 Å². The largest absolute Gasteiger partial charge is 0.149 e. The summed E-state index contributed by atoms with van der Waals surface area (Å²) in [7, 11) is 0. The highest BCUT2D eigenvalue weighted by Gasteiger charge is 1.75. The molecule has 7 heavy (non-hydrogen) atoms. The van der Waals surface area contributed by atoms with E-state index in [-0.39, 0.29) is 0 Å². The van der Waals surface area contributed by atoms with Crippen LogP contribution in [0.2, 0.25) is 0 Å². The topological polar surface area (TPSA) is 0 Å². The van der Waals surface area contributed by atoms with E-state index in [9.17, 15) is 0 Å². The molecule has 0 saturated heterocycles. The van der Waals surface area contributed by atoms with Gasteiger partial charge in [-0.25, -0.2) is 0 Å². The summed E-state index contributed by atoms with van der Waals surface area (Å²) in [6.07, 6.45) is 2.92. The van der Waals surface area contributed by atoms with Gasteiger partial charge in [-0.05, 0) is 18.2 Å². The van der Waals surface area contributed by atoms with E-state index in [4.69, 9.17) is 11.6 Å². The predicted octanol–water partition coefficient (Wildman–Crippen LogP) is 2.45. The normalized spacial score (nSPS) is 12.1. The van der Waals surface area contributed by atoms with Gasteiger partial charge in [0, 0.05) is 5.88 Å². The Morgan fingerprint density at radius 3 is 2.57 bits per heavy atom. The van der Waals surface area contributed by atoms with Crippen LogP contribution in [0.15, 0.2) is 11.0 Å². The minimum Gasteiger partial charge on any atom is -0.149 e. The van der Waals surface area contributed by atoms with Crippen molar-refractivity contribution in [2.24, 2.45) is 0 Å². The van der Waals surface area contributed by atoms with Gasteiger partial charge in [0.15, 0.2) is 0 Å². The molecule has 0 unspecified atom stereocenters. The second-order valence-electron chi connectivity index (χ2n) is 1.32. The lowest BCUT2D eigenvalue weighted by Gasteiger charge is -1.83. The predicted molar refractivity (Wildman–Crippen MR) is 38.1 cm³/mol. The van der Waals surface area contributed by atoms with Gasteiger partial charge in [-0.1, -0.05) is 6.08 Å². The van der Waals surface area contributed by atoms with Gasteiger partial charge in [0.1, 0.15) is 0 Å². The van der Waals surface area contributed by atoms with Crippen molar-refractivity contribution in [1.29, 1.82) is 0 Å². The molecule has 0 radical (unpaired) electrons. The summed E-state index contributed by atoms with van der Waals surface area (Å²) in [5, 5.41) is 0. The van der Waals surface area contributed by atoms with Crippen molar-refractivity contribution in [3.63, 3.8) is 0 Å². The number of hydrogen-bond donors (Lipinski definition) is 1. The summed E-state index contributed by atoms with van der Waals surface area (Å²) in [4.78, 5) is 1.04. The molecule has 0 heterocycles. The second-order valence-corrected chi connectivity index (χ2v) is 2.41. The van der Waals surface area contributed by atoms with Crippen molar-refractivity contribution >= 4 is 24.2 Å². The summed E-state index contributed by atoms with van der Waals surface area (Å²) < 4.78 is 0. The number of alkyl halides is 1. The van der Waals surface area contributed by atoms with Crippen LogP contribution in [0.4, 0.5) is 0 Å². The molecule has 2 heteroatoms. The maximum absolute atomic E-state index is 5.37. The van der Waals surface area contributed by atoms with Gasteiger partial charge in [0.25, 0.3) is 0 Å². The standard InChI is InChI=1S/C5H9ClS/c1-5(7)3-2-4-6/h3,7H,2,4H2,1H3/b5-3-. The van der Waals surface area contributed by atoms with Crippen molar-refractivity contribution in [3.05, 3.63) is 11.0 Å². The summed E-state index contributed by atoms with van der Waals surface area (Å²) in [5.41, 5.74) is 0. The van der Waals surface area contributed by atoms with Gasteiger partial charge in [-0.15, -0.1) is 24.2 Å². The molecule has 0 aromatic heterocycles. The van der Waals surface area contributed by atoms with Crippen LogP contribution in [0.1, 0.15) is 13.3 Å². The lowest BCUT2D eigenvalue weighted by Crippen LogP contribution is -1.66. The van der Waals surface area contributed by atoms with E-state index >= 15 is 0 Å². The van der Waals surface area contributed by atoms with Crippen molar-refractivity contribution in [1.82, 2.24) is 0 Å². The van der Waals surface area contributed by atoms with Crippen LogP contribution in [0, 0.1) is 0 Å². The number of thiol groups is 1. The van der Waals surface area contributed by atoms with Crippen LogP contribution in [0.25, 0.3) is 0 Å². The Kier molecular flexibility index (Phi) is 4.78. The smallest absolute Gasteiger partial charge is 0.0258 e. The van der Waals surface area contributed by atoms with Crippen LogP contribution in [-0.2, 0) is 0 Å². The molecule has 0 spiro atoms. The average Bonchev–Trinajstić information content (AvgIpc) is 1.61. The van der Waals surface area contributed by atoms with E-state index in [1.54, 1.807) is 0 Å². The lowest BCUT2D eigenvalue weighted by atomic mass is 10.4. The number of allylic oxidation sites excluding steroid dienone is 2. The lowest BCUT2D eigenvalue weighted by molar-refractivity contribution is 1.22. The molecule has 0 aliphatic carbocycles. The Labute approximate surface area is 55.0 Å². The highest BCUT2D eigenvalue weighted by Crippen LogP contribution is 1.98. The molecule has 0 amide bonds. The number of rotatable bonds is 2. The van der Waals surface area contributed by atoms with E-state index in [1.807, 2.05) is 13.0 Å². The fourth-order valence-corrected chi connectivity index (χ4v) is 0.502. The highest BCUT2D eigenvalue weighted by atomic mass is 35.5. The average molecular weight is 137 g/mol. The van der Waals surface area contributed by atoms with E-state index < -0.39 is 0 Å². The zero-order chi connectivity index (χ0) is 5.70. The fourth-order valence-electron chi connectivity index (χ4n) is 0.263. The van der Waals surface area contributed by atoms with Crippen molar-refractivity contribution in [2.75, 3.05) is 5.88 Å². The zero-order valence-electron chi connectivity index (χ0n) is 4.32. The summed E-state index contributed by atoms with van der Waals surface area (Å²) >= 11 is 9.40. The molecule has 0 rings (SSSR count). The van der Waals surface area contributed by atoms with Crippen LogP contribution in [0.5, 0.6) is 0 Å². The Morgan fingerprint density at radius 2 is 2.43 bits per heavy atom. The molecular weight excluding hydrogens is 128 g/mol. The van der Waals surface area contributed by atoms with Crippen molar-refractivity contribution in [2.45, 2.75) is 13.3 Å². The van der Waals surface area contributed by atoms with Gasteiger partial charge in [0.05, 0.1) is 0 Å². The molecule has 0 aliphatic rings. The Morgan fingerprint density at radius 1 is 1.86 bits per heavy atom. The minimum atomic E-state index is 0.692. The van der Waals surface area contributed by atoms with Crippen LogP contribution in [0.3, 0.4) is 0 Å².